The average molecular weight is 407 g/mol. The van der Waals surface area contributed by atoms with Crippen molar-refractivity contribution < 1.29 is 14.6 Å². The highest BCUT2D eigenvalue weighted by atomic mass is 16.5. The van der Waals surface area contributed by atoms with Crippen LogP contribution in [-0.2, 0) is 0 Å². The molecule has 0 saturated heterocycles. The van der Waals surface area contributed by atoms with Crippen LogP contribution in [0, 0.1) is 33.6 Å². The molecule has 0 amide bonds. The van der Waals surface area contributed by atoms with E-state index in [0.29, 0.717) is 11.3 Å². The van der Waals surface area contributed by atoms with Crippen LogP contribution in [0.15, 0.2) is 30.3 Å². The van der Waals surface area contributed by atoms with E-state index in [2.05, 4.69) is 0 Å². The highest BCUT2D eigenvalue weighted by molar-refractivity contribution is 6.07. The van der Waals surface area contributed by atoms with Crippen LogP contribution < -0.4 is 4.74 Å². The van der Waals surface area contributed by atoms with Gasteiger partial charge in [0.2, 0.25) is 0 Å². The third kappa shape index (κ3) is 5.53. The zero-order valence-corrected chi connectivity index (χ0v) is 18.8. The molecule has 160 valence electrons. The summed E-state index contributed by atoms with van der Waals surface area (Å²) in [5.74, 6) is 2.00. The number of carbonyl (C=O) groups is 1. The van der Waals surface area contributed by atoms with Crippen LogP contribution in [0.3, 0.4) is 0 Å². The minimum absolute atomic E-state index is 0.0293. The molecular weight excluding hydrogens is 372 g/mol. The lowest BCUT2D eigenvalue weighted by Gasteiger charge is -2.22. The molecule has 0 aliphatic heterocycles. The highest BCUT2D eigenvalue weighted by Crippen LogP contribution is 2.29. The molecule has 3 heteroatoms. The molecule has 0 aromatic heterocycles. The lowest BCUT2D eigenvalue weighted by molar-refractivity contribution is 0.104. The fourth-order valence-electron chi connectivity index (χ4n) is 4.48. The maximum Gasteiger partial charge on any atom is 0.185 e. The van der Waals surface area contributed by atoms with Gasteiger partial charge in [-0.05, 0) is 98.2 Å². The van der Waals surface area contributed by atoms with Crippen molar-refractivity contribution in [2.24, 2.45) is 5.92 Å². The quantitative estimate of drug-likeness (QED) is 0.403. The van der Waals surface area contributed by atoms with E-state index in [4.69, 9.17) is 4.74 Å². The zero-order valence-electron chi connectivity index (χ0n) is 18.8. The Labute approximate surface area is 180 Å². The van der Waals surface area contributed by atoms with Crippen molar-refractivity contribution in [3.63, 3.8) is 0 Å². The third-order valence-corrected chi connectivity index (χ3v) is 6.18. The van der Waals surface area contributed by atoms with Gasteiger partial charge in [-0.25, -0.2) is 0 Å². The van der Waals surface area contributed by atoms with Crippen LogP contribution in [0.25, 0.3) is 6.08 Å². The number of carbonyl (C=O) groups excluding carboxylic acids is 1. The molecule has 0 unspecified atom stereocenters. The van der Waals surface area contributed by atoms with E-state index in [1.807, 2.05) is 52.0 Å². The average Bonchev–Trinajstić information content (AvgIpc) is 2.72. The molecule has 1 aliphatic rings. The number of rotatable bonds is 7. The first kappa shape index (κ1) is 22.1. The molecule has 0 spiro atoms. The Morgan fingerprint density at radius 1 is 0.967 bits per heavy atom. The van der Waals surface area contributed by atoms with Crippen molar-refractivity contribution in [2.45, 2.75) is 66.2 Å². The Balaban J connectivity index is 1.65. The number of ether oxygens (including phenoxy) is 1. The van der Waals surface area contributed by atoms with Gasteiger partial charge in [-0.1, -0.05) is 38.2 Å². The van der Waals surface area contributed by atoms with E-state index in [-0.39, 0.29) is 5.78 Å². The van der Waals surface area contributed by atoms with Crippen molar-refractivity contribution in [3.05, 3.63) is 63.7 Å². The van der Waals surface area contributed by atoms with E-state index in [0.717, 1.165) is 52.5 Å². The number of ketones is 1. The molecular formula is C27H34O3. The minimum Gasteiger partial charge on any atom is -0.507 e. The van der Waals surface area contributed by atoms with Crippen LogP contribution in [0.5, 0.6) is 11.5 Å². The van der Waals surface area contributed by atoms with Gasteiger partial charge in [0.05, 0.1) is 6.61 Å². The summed E-state index contributed by atoms with van der Waals surface area (Å²) < 4.78 is 6.12. The van der Waals surface area contributed by atoms with Crippen LogP contribution in [0.2, 0.25) is 0 Å². The van der Waals surface area contributed by atoms with E-state index < -0.39 is 0 Å². The number of aromatic hydroxyl groups is 1. The molecule has 2 aromatic carbocycles. The maximum absolute atomic E-state index is 12.7. The minimum atomic E-state index is -0.0293. The van der Waals surface area contributed by atoms with E-state index in [1.54, 1.807) is 12.2 Å². The molecule has 30 heavy (non-hydrogen) atoms. The van der Waals surface area contributed by atoms with Crippen molar-refractivity contribution in [3.8, 4) is 11.5 Å². The van der Waals surface area contributed by atoms with Gasteiger partial charge < -0.3 is 9.84 Å². The number of phenols is 1. The fourth-order valence-corrected chi connectivity index (χ4v) is 4.48. The Hall–Kier alpha value is -2.55. The van der Waals surface area contributed by atoms with E-state index >= 15 is 0 Å². The molecule has 1 N–H and O–H groups in total. The SMILES string of the molecule is Cc1cc(C=CC(=O)c2cc(C)c(OCCC3CCCCC3)c(C)c2)cc(C)c1O. The number of aryl methyl sites for hydroxylation is 4. The molecule has 3 nitrogen and oxygen atoms in total. The van der Waals surface area contributed by atoms with Gasteiger partial charge >= 0.3 is 0 Å². The van der Waals surface area contributed by atoms with Crippen molar-refractivity contribution in [1.82, 2.24) is 0 Å². The number of phenolic OH excluding ortho intramolecular Hbond substituents is 1. The normalized spacial score (nSPS) is 14.9. The van der Waals surface area contributed by atoms with Gasteiger partial charge in [0.1, 0.15) is 11.5 Å². The summed E-state index contributed by atoms with van der Waals surface area (Å²) in [6, 6.07) is 7.60. The molecule has 1 fully saturated rings. The first-order valence-corrected chi connectivity index (χ1v) is 11.1. The molecule has 0 heterocycles. The van der Waals surface area contributed by atoms with Gasteiger partial charge in [-0.2, -0.15) is 0 Å². The lowest BCUT2D eigenvalue weighted by atomic mass is 9.87. The molecule has 2 aromatic rings. The Morgan fingerprint density at radius 3 is 2.17 bits per heavy atom. The third-order valence-electron chi connectivity index (χ3n) is 6.18. The number of hydrogen-bond donors (Lipinski definition) is 1. The zero-order chi connectivity index (χ0) is 21.7. The summed E-state index contributed by atoms with van der Waals surface area (Å²) in [4.78, 5) is 12.7. The van der Waals surface area contributed by atoms with Gasteiger partial charge in [0, 0.05) is 5.56 Å². The molecule has 0 atom stereocenters. The monoisotopic (exact) mass is 406 g/mol. The van der Waals surface area contributed by atoms with Crippen LogP contribution in [0.4, 0.5) is 0 Å². The lowest BCUT2D eigenvalue weighted by Crippen LogP contribution is -2.11. The summed E-state index contributed by atoms with van der Waals surface area (Å²) in [7, 11) is 0. The van der Waals surface area contributed by atoms with E-state index in [9.17, 15) is 9.90 Å². The second kappa shape index (κ2) is 9.97. The maximum atomic E-state index is 12.7. The van der Waals surface area contributed by atoms with Crippen LogP contribution >= 0.6 is 0 Å². The van der Waals surface area contributed by atoms with Gasteiger partial charge in [0.15, 0.2) is 5.78 Å². The van der Waals surface area contributed by atoms with Gasteiger partial charge in [-0.3, -0.25) is 4.79 Å². The second-order valence-electron chi connectivity index (χ2n) is 8.78. The van der Waals surface area contributed by atoms with Crippen molar-refractivity contribution in [2.75, 3.05) is 6.61 Å². The molecule has 0 radical (unpaired) electrons. The van der Waals surface area contributed by atoms with Crippen molar-refractivity contribution >= 4 is 11.9 Å². The van der Waals surface area contributed by atoms with Crippen molar-refractivity contribution in [1.29, 1.82) is 0 Å². The van der Waals surface area contributed by atoms with Crippen LogP contribution in [-0.4, -0.2) is 17.5 Å². The highest BCUT2D eigenvalue weighted by Gasteiger charge is 2.15. The molecule has 3 rings (SSSR count). The first-order chi connectivity index (χ1) is 14.3. The summed E-state index contributed by atoms with van der Waals surface area (Å²) in [5.41, 5.74) is 5.21. The Kier molecular flexibility index (Phi) is 7.36. The summed E-state index contributed by atoms with van der Waals surface area (Å²) in [5, 5.41) is 9.91. The topological polar surface area (TPSA) is 46.5 Å². The smallest absolute Gasteiger partial charge is 0.185 e. The van der Waals surface area contributed by atoms with E-state index in [1.165, 1.54) is 32.1 Å². The van der Waals surface area contributed by atoms with Gasteiger partial charge in [0.25, 0.3) is 0 Å². The number of hydrogen-bond acceptors (Lipinski definition) is 3. The van der Waals surface area contributed by atoms with Crippen LogP contribution in [0.1, 0.15) is 76.7 Å². The number of allylic oxidation sites excluding steroid dienone is 1. The molecule has 0 bridgehead atoms. The summed E-state index contributed by atoms with van der Waals surface area (Å²) >= 11 is 0. The summed E-state index contributed by atoms with van der Waals surface area (Å²) in [6.45, 7) is 8.49. The molecule has 1 aliphatic carbocycles. The largest absolute Gasteiger partial charge is 0.507 e. The first-order valence-electron chi connectivity index (χ1n) is 11.1. The Morgan fingerprint density at radius 2 is 1.57 bits per heavy atom. The molecule has 1 saturated carbocycles. The summed E-state index contributed by atoms with van der Waals surface area (Å²) in [6.07, 6.45) is 11.3. The van der Waals surface area contributed by atoms with Gasteiger partial charge in [-0.15, -0.1) is 0 Å². The second-order valence-corrected chi connectivity index (χ2v) is 8.78. The fraction of sp³-hybridized carbons (Fsp3) is 0.444. The number of benzene rings is 2. The Bertz CT molecular complexity index is 887. The predicted octanol–water partition coefficient (Wildman–Crippen LogP) is 6.87. The standard InChI is InChI=1S/C27H34O3/c1-18-14-23(15-19(2)26(18)29)10-11-25(28)24-16-20(3)27(21(4)17-24)30-13-12-22-8-6-5-7-9-22/h10-11,14-17,22,29H,5-9,12-13H2,1-4H3. The predicted molar refractivity (Wildman–Crippen MR) is 124 cm³/mol.